The molecular weight excluding hydrogens is 474 g/mol. The standard InChI is InChI=1S/C23H21N5O6S/c1-27-24-13-21(26-27)25-22(29)14-10-18(32-15-4-6-16(7-5-15)35-34-31-2)17-12-20(33-19(17)11-14)23(30)28-8-3-9-28/h4-7,10-13H,3,8-9H2,1-2H3,(H,25,26,29). The first kappa shape index (κ1) is 22.9. The Labute approximate surface area is 204 Å². The minimum Gasteiger partial charge on any atom is -0.457 e. The molecule has 0 spiro atoms. The van der Waals surface area contributed by atoms with Gasteiger partial charge in [-0.2, -0.15) is 14.2 Å². The third kappa shape index (κ3) is 4.99. The quantitative estimate of drug-likeness (QED) is 0.219. The van der Waals surface area contributed by atoms with Crippen molar-refractivity contribution in [1.29, 1.82) is 0 Å². The zero-order valence-electron chi connectivity index (χ0n) is 18.9. The lowest BCUT2D eigenvalue weighted by molar-refractivity contribution is -0.160. The number of hydrogen-bond donors (Lipinski definition) is 1. The van der Waals surface area contributed by atoms with E-state index in [1.54, 1.807) is 54.4 Å². The van der Waals surface area contributed by atoms with Gasteiger partial charge in [0.1, 0.15) is 17.1 Å². The molecule has 11 nitrogen and oxygen atoms in total. The Morgan fingerprint density at radius 1 is 1.14 bits per heavy atom. The molecule has 0 unspecified atom stereocenters. The van der Waals surface area contributed by atoms with Crippen LogP contribution in [0, 0.1) is 0 Å². The smallest absolute Gasteiger partial charge is 0.289 e. The summed E-state index contributed by atoms with van der Waals surface area (Å²) < 4.78 is 16.8. The van der Waals surface area contributed by atoms with Crippen LogP contribution in [-0.4, -0.2) is 51.9 Å². The Morgan fingerprint density at radius 3 is 2.60 bits per heavy atom. The van der Waals surface area contributed by atoms with Crippen LogP contribution in [0.4, 0.5) is 5.82 Å². The summed E-state index contributed by atoms with van der Waals surface area (Å²) in [4.78, 5) is 34.1. The molecule has 5 rings (SSSR count). The molecule has 0 bridgehead atoms. The highest BCUT2D eigenvalue weighted by atomic mass is 32.2. The van der Waals surface area contributed by atoms with Crippen LogP contribution in [0.25, 0.3) is 11.0 Å². The molecule has 3 heterocycles. The number of rotatable bonds is 8. The number of nitrogens with one attached hydrogen (secondary N) is 1. The van der Waals surface area contributed by atoms with Crippen molar-refractivity contribution in [2.45, 2.75) is 11.3 Å². The predicted octanol–water partition coefficient (Wildman–Crippen LogP) is 4.04. The number of carbonyl (C=O) groups excluding carboxylic acids is 2. The molecule has 1 saturated heterocycles. The van der Waals surface area contributed by atoms with Gasteiger partial charge in [-0.25, -0.2) is 4.89 Å². The maximum Gasteiger partial charge on any atom is 0.289 e. The number of aromatic nitrogens is 3. The Morgan fingerprint density at radius 2 is 1.94 bits per heavy atom. The zero-order valence-corrected chi connectivity index (χ0v) is 19.7. The lowest BCUT2D eigenvalue weighted by atomic mass is 10.1. The van der Waals surface area contributed by atoms with Crippen molar-refractivity contribution in [3.05, 3.63) is 60.0 Å². The van der Waals surface area contributed by atoms with Crippen molar-refractivity contribution in [2.24, 2.45) is 7.05 Å². The molecule has 0 atom stereocenters. The van der Waals surface area contributed by atoms with E-state index in [-0.39, 0.29) is 17.2 Å². The highest BCUT2D eigenvalue weighted by Crippen LogP contribution is 2.35. The number of aryl methyl sites for hydroxylation is 1. The molecule has 1 fully saturated rings. The van der Waals surface area contributed by atoms with Gasteiger partial charge in [0.25, 0.3) is 11.8 Å². The van der Waals surface area contributed by atoms with Crippen LogP contribution >= 0.6 is 12.0 Å². The van der Waals surface area contributed by atoms with E-state index in [1.807, 2.05) is 0 Å². The number of nitrogens with zero attached hydrogens (tertiary/aromatic N) is 4. The Bertz CT molecular complexity index is 1380. The highest BCUT2D eigenvalue weighted by Gasteiger charge is 2.26. The Kier molecular flexibility index (Phi) is 6.40. The number of hydrogen-bond acceptors (Lipinski definition) is 9. The predicted molar refractivity (Wildman–Crippen MR) is 126 cm³/mol. The molecule has 4 aromatic rings. The fourth-order valence-electron chi connectivity index (χ4n) is 3.46. The van der Waals surface area contributed by atoms with Gasteiger partial charge in [-0.15, -0.1) is 5.10 Å². The van der Waals surface area contributed by atoms with Gasteiger partial charge in [-0.3, -0.25) is 9.59 Å². The van der Waals surface area contributed by atoms with Crippen LogP contribution in [0.1, 0.15) is 27.3 Å². The summed E-state index contributed by atoms with van der Waals surface area (Å²) in [5, 5.41) is 11.3. The molecule has 1 N–H and O–H groups in total. The third-order valence-corrected chi connectivity index (χ3v) is 5.98. The van der Waals surface area contributed by atoms with E-state index in [2.05, 4.69) is 20.4 Å². The number of likely N-dealkylation sites (tertiary alicyclic amines) is 1. The lowest BCUT2D eigenvalue weighted by Gasteiger charge is -2.29. The number of benzene rings is 2. The summed E-state index contributed by atoms with van der Waals surface area (Å²) in [6.45, 7) is 1.39. The van der Waals surface area contributed by atoms with Gasteiger partial charge >= 0.3 is 0 Å². The topological polar surface area (TPSA) is 121 Å². The average molecular weight is 496 g/mol. The van der Waals surface area contributed by atoms with Gasteiger partial charge < -0.3 is 19.4 Å². The second-order valence-corrected chi connectivity index (χ2v) is 8.48. The molecule has 0 aliphatic carbocycles. The number of amides is 2. The number of fused-ring (bicyclic) bond motifs is 1. The monoisotopic (exact) mass is 495 g/mol. The van der Waals surface area contributed by atoms with Gasteiger partial charge in [-0.05, 0) is 42.8 Å². The maximum atomic E-state index is 12.9. The largest absolute Gasteiger partial charge is 0.457 e. The summed E-state index contributed by atoms with van der Waals surface area (Å²) in [5.41, 5.74) is 0.632. The van der Waals surface area contributed by atoms with Crippen LogP contribution < -0.4 is 10.1 Å². The van der Waals surface area contributed by atoms with Crippen LogP contribution in [-0.2, 0) is 16.3 Å². The fraction of sp³-hybridized carbons (Fsp3) is 0.217. The molecule has 35 heavy (non-hydrogen) atoms. The first-order valence-electron chi connectivity index (χ1n) is 10.7. The molecule has 2 aromatic carbocycles. The molecule has 180 valence electrons. The van der Waals surface area contributed by atoms with Crippen LogP contribution in [0.5, 0.6) is 11.5 Å². The molecule has 2 amide bonds. The van der Waals surface area contributed by atoms with E-state index in [0.29, 0.717) is 41.4 Å². The van der Waals surface area contributed by atoms with Gasteiger partial charge in [0.15, 0.2) is 11.6 Å². The average Bonchev–Trinajstić information content (AvgIpc) is 3.43. The van der Waals surface area contributed by atoms with Crippen molar-refractivity contribution in [2.75, 3.05) is 25.5 Å². The van der Waals surface area contributed by atoms with Crippen molar-refractivity contribution in [1.82, 2.24) is 19.9 Å². The van der Waals surface area contributed by atoms with E-state index in [0.717, 1.165) is 23.4 Å². The van der Waals surface area contributed by atoms with E-state index in [1.165, 1.54) is 18.1 Å². The van der Waals surface area contributed by atoms with Crippen molar-refractivity contribution >= 4 is 40.6 Å². The van der Waals surface area contributed by atoms with Crippen molar-refractivity contribution in [3.63, 3.8) is 0 Å². The second-order valence-electron chi connectivity index (χ2n) is 7.71. The minimum atomic E-state index is -0.423. The zero-order chi connectivity index (χ0) is 24.4. The molecular formula is C23H21N5O6S. The molecule has 1 aliphatic heterocycles. The number of furan rings is 1. The Balaban J connectivity index is 1.48. The number of ether oxygens (including phenoxy) is 1. The fourth-order valence-corrected chi connectivity index (χ4v) is 3.85. The normalized spacial score (nSPS) is 13.0. The maximum absolute atomic E-state index is 12.9. The van der Waals surface area contributed by atoms with Crippen LogP contribution in [0.15, 0.2) is 58.0 Å². The number of anilines is 1. The lowest BCUT2D eigenvalue weighted by Crippen LogP contribution is -2.41. The van der Waals surface area contributed by atoms with E-state index < -0.39 is 5.91 Å². The van der Waals surface area contributed by atoms with Crippen LogP contribution in [0.3, 0.4) is 0 Å². The summed E-state index contributed by atoms with van der Waals surface area (Å²) >= 11 is 1.06. The summed E-state index contributed by atoms with van der Waals surface area (Å²) in [5.74, 6) is 0.776. The van der Waals surface area contributed by atoms with Crippen molar-refractivity contribution < 1.29 is 28.0 Å². The summed E-state index contributed by atoms with van der Waals surface area (Å²) in [6.07, 6.45) is 2.41. The summed E-state index contributed by atoms with van der Waals surface area (Å²) in [6, 6.07) is 11.9. The molecule has 12 heteroatoms. The molecule has 0 radical (unpaired) electrons. The van der Waals surface area contributed by atoms with Gasteiger partial charge in [-0.1, -0.05) is 0 Å². The van der Waals surface area contributed by atoms with E-state index in [4.69, 9.17) is 13.5 Å². The highest BCUT2D eigenvalue weighted by molar-refractivity contribution is 7.94. The SMILES string of the molecule is COOSc1ccc(Oc2cc(C(=O)Nc3cnn(C)n3)cc3oc(C(=O)N4CCC4)cc23)cc1. The van der Waals surface area contributed by atoms with E-state index in [9.17, 15) is 9.59 Å². The van der Waals surface area contributed by atoms with Crippen LogP contribution in [0.2, 0.25) is 0 Å². The van der Waals surface area contributed by atoms with Gasteiger partial charge in [0.2, 0.25) is 0 Å². The molecule has 0 saturated carbocycles. The molecule has 2 aromatic heterocycles. The number of carbonyl (C=O) groups is 2. The third-order valence-electron chi connectivity index (χ3n) is 5.31. The minimum absolute atomic E-state index is 0.191. The summed E-state index contributed by atoms with van der Waals surface area (Å²) in [7, 11) is 3.08. The molecule has 1 aliphatic rings. The second kappa shape index (κ2) is 9.78. The first-order chi connectivity index (χ1) is 17.0. The van der Waals surface area contributed by atoms with Gasteiger partial charge in [0.05, 0.1) is 30.7 Å². The Hall–Kier alpha value is -3.87. The van der Waals surface area contributed by atoms with Gasteiger partial charge in [0, 0.05) is 36.7 Å². The van der Waals surface area contributed by atoms with E-state index >= 15 is 0 Å². The first-order valence-corrected chi connectivity index (χ1v) is 11.4. The van der Waals surface area contributed by atoms with Crippen molar-refractivity contribution in [3.8, 4) is 11.5 Å².